The van der Waals surface area contributed by atoms with E-state index in [0.29, 0.717) is 6.61 Å². The molecule has 8 heteroatoms. The molecule has 1 amide bonds. The number of carbonyl (C=O) groups is 1. The van der Waals surface area contributed by atoms with Crippen LogP contribution in [0.1, 0.15) is 46.5 Å². The second-order valence-electron chi connectivity index (χ2n) is 10.4. The van der Waals surface area contributed by atoms with Gasteiger partial charge < -0.3 is 19.3 Å². The topological polar surface area (TPSA) is 45.2 Å². The van der Waals surface area contributed by atoms with Crippen molar-refractivity contribution in [3.05, 3.63) is 75.7 Å². The fourth-order valence-corrected chi connectivity index (χ4v) is 6.48. The quantitative estimate of drug-likeness (QED) is 0.327. The monoisotopic (exact) mass is 551 g/mol. The number of nitrogens with zero attached hydrogens (tertiary/aromatic N) is 3. The lowest BCUT2D eigenvalue weighted by Crippen LogP contribution is -2.45. The molecule has 39 heavy (non-hydrogen) atoms. The minimum Gasteiger partial charge on any atom is -0.493 e. The number of aryl methyl sites for hydroxylation is 1. The van der Waals surface area contributed by atoms with E-state index in [1.807, 2.05) is 36.6 Å². The molecule has 0 spiro atoms. The molecule has 1 unspecified atom stereocenters. The smallest absolute Gasteiger partial charge is 0.264 e. The molecule has 2 aromatic carbocycles. The van der Waals surface area contributed by atoms with Gasteiger partial charge in [0.15, 0.2) is 11.5 Å². The van der Waals surface area contributed by atoms with Crippen molar-refractivity contribution in [2.24, 2.45) is 0 Å². The fourth-order valence-electron chi connectivity index (χ4n) is 5.60. The van der Waals surface area contributed by atoms with Crippen molar-refractivity contribution in [2.75, 3.05) is 51.3 Å². The average Bonchev–Trinajstić information content (AvgIpc) is 3.40. The highest BCUT2D eigenvalue weighted by Gasteiger charge is 2.29. The second kappa shape index (κ2) is 12.8. The number of carbonyl (C=O) groups excluding carboxylic acids is 1. The van der Waals surface area contributed by atoms with E-state index in [2.05, 4.69) is 26.8 Å². The van der Waals surface area contributed by atoms with Crippen LogP contribution in [0.25, 0.3) is 0 Å². The van der Waals surface area contributed by atoms with Gasteiger partial charge in [0.25, 0.3) is 5.91 Å². The van der Waals surface area contributed by atoms with Gasteiger partial charge in [0.05, 0.1) is 18.6 Å². The van der Waals surface area contributed by atoms with Gasteiger partial charge in [-0.3, -0.25) is 9.69 Å². The van der Waals surface area contributed by atoms with Gasteiger partial charge in [0.2, 0.25) is 0 Å². The van der Waals surface area contributed by atoms with E-state index >= 15 is 0 Å². The van der Waals surface area contributed by atoms with Crippen LogP contribution in [0.3, 0.4) is 0 Å². The molecular formula is C31H38FN3O3S. The summed E-state index contributed by atoms with van der Waals surface area (Å²) in [5.41, 5.74) is 3.31. The number of thiophene rings is 1. The summed E-state index contributed by atoms with van der Waals surface area (Å²) in [5, 5.41) is 2.00. The van der Waals surface area contributed by atoms with Crippen LogP contribution in [0.5, 0.6) is 11.5 Å². The highest BCUT2D eigenvalue weighted by atomic mass is 32.1. The minimum atomic E-state index is -0.201. The van der Waals surface area contributed by atoms with E-state index < -0.39 is 0 Å². The lowest BCUT2D eigenvalue weighted by Gasteiger charge is -2.36. The maximum atomic E-state index is 13.3. The van der Waals surface area contributed by atoms with Crippen LogP contribution < -0.4 is 14.4 Å². The molecule has 3 aromatic rings. The zero-order chi connectivity index (χ0) is 27.2. The number of anilines is 1. The highest BCUT2D eigenvalue weighted by molar-refractivity contribution is 7.12. The molecule has 0 saturated carbocycles. The van der Waals surface area contributed by atoms with Crippen LogP contribution in [0.4, 0.5) is 10.1 Å². The number of rotatable bonds is 9. The van der Waals surface area contributed by atoms with Crippen molar-refractivity contribution < 1.29 is 18.7 Å². The van der Waals surface area contributed by atoms with Crippen molar-refractivity contribution in [1.82, 2.24) is 9.80 Å². The van der Waals surface area contributed by atoms with Crippen LogP contribution in [0.2, 0.25) is 0 Å². The first-order valence-electron chi connectivity index (χ1n) is 13.9. The fraction of sp³-hybridized carbons (Fsp3) is 0.452. The maximum Gasteiger partial charge on any atom is 0.264 e. The van der Waals surface area contributed by atoms with Gasteiger partial charge in [-0.05, 0) is 85.2 Å². The summed E-state index contributed by atoms with van der Waals surface area (Å²) in [6.07, 6.45) is 4.02. The van der Waals surface area contributed by atoms with Crippen LogP contribution in [0, 0.1) is 12.7 Å². The number of amides is 1. The number of piperazine rings is 1. The van der Waals surface area contributed by atoms with Crippen molar-refractivity contribution in [3.8, 4) is 11.5 Å². The summed E-state index contributed by atoms with van der Waals surface area (Å²) < 4.78 is 25.1. The number of hydrogen-bond acceptors (Lipinski definition) is 6. The predicted molar refractivity (Wildman–Crippen MR) is 155 cm³/mol. The molecule has 2 fully saturated rings. The minimum absolute atomic E-state index is 0.159. The first-order valence-corrected chi connectivity index (χ1v) is 14.8. The number of ether oxygens (including phenoxy) is 2. The van der Waals surface area contributed by atoms with Crippen LogP contribution in [-0.2, 0) is 6.54 Å². The Morgan fingerprint density at radius 1 is 1.00 bits per heavy atom. The van der Waals surface area contributed by atoms with Crippen LogP contribution in [-0.4, -0.2) is 68.2 Å². The number of piperidine rings is 1. The normalized spacial score (nSPS) is 18.3. The first kappa shape index (κ1) is 27.5. The van der Waals surface area contributed by atoms with E-state index in [1.165, 1.54) is 29.0 Å². The third-order valence-corrected chi connectivity index (χ3v) is 8.86. The number of hydrogen-bond donors (Lipinski definition) is 0. The van der Waals surface area contributed by atoms with Gasteiger partial charge in [-0.1, -0.05) is 6.07 Å². The number of likely N-dealkylation sites (tertiary alicyclic amines) is 1. The molecule has 0 aliphatic carbocycles. The molecule has 5 rings (SSSR count). The molecular weight excluding hydrogens is 513 g/mol. The van der Waals surface area contributed by atoms with E-state index in [1.54, 1.807) is 7.11 Å². The molecule has 208 valence electrons. The molecule has 0 N–H and O–H groups in total. The van der Waals surface area contributed by atoms with Crippen molar-refractivity contribution in [1.29, 1.82) is 0 Å². The van der Waals surface area contributed by atoms with Gasteiger partial charge in [-0.25, -0.2) is 4.39 Å². The Bertz CT molecular complexity index is 1240. The summed E-state index contributed by atoms with van der Waals surface area (Å²) in [5.74, 6) is 1.44. The Labute approximate surface area is 234 Å². The third kappa shape index (κ3) is 6.73. The summed E-state index contributed by atoms with van der Waals surface area (Å²) in [6, 6.07) is 15.1. The molecule has 1 atom stereocenters. The average molecular weight is 552 g/mol. The lowest BCUT2D eigenvalue weighted by molar-refractivity contribution is 0.0584. The zero-order valence-corrected chi connectivity index (χ0v) is 23.7. The summed E-state index contributed by atoms with van der Waals surface area (Å²) >= 11 is 1.53. The van der Waals surface area contributed by atoms with Gasteiger partial charge in [-0.15, -0.1) is 11.3 Å². The van der Waals surface area contributed by atoms with Crippen LogP contribution >= 0.6 is 11.3 Å². The van der Waals surface area contributed by atoms with Gasteiger partial charge in [0, 0.05) is 57.4 Å². The Morgan fingerprint density at radius 3 is 2.51 bits per heavy atom. The maximum absolute atomic E-state index is 13.3. The Kier molecular flexibility index (Phi) is 9.04. The molecule has 2 aliphatic rings. The van der Waals surface area contributed by atoms with Gasteiger partial charge in [0.1, 0.15) is 5.82 Å². The Hall–Kier alpha value is -3.10. The molecule has 0 radical (unpaired) electrons. The van der Waals surface area contributed by atoms with E-state index in [9.17, 15) is 9.18 Å². The van der Waals surface area contributed by atoms with E-state index in [-0.39, 0.29) is 17.8 Å². The number of benzene rings is 2. The molecule has 2 saturated heterocycles. The zero-order valence-electron chi connectivity index (χ0n) is 22.9. The number of methoxy groups -OCH3 is 1. The van der Waals surface area contributed by atoms with Crippen LogP contribution in [0.15, 0.2) is 53.9 Å². The lowest BCUT2D eigenvalue weighted by atomic mass is 9.99. The molecule has 3 heterocycles. The molecule has 0 bridgehead atoms. The summed E-state index contributed by atoms with van der Waals surface area (Å²) in [7, 11) is 1.67. The van der Waals surface area contributed by atoms with E-state index in [4.69, 9.17) is 9.47 Å². The van der Waals surface area contributed by atoms with Crippen molar-refractivity contribution in [2.45, 2.75) is 45.2 Å². The Balaban J connectivity index is 1.16. The first-order chi connectivity index (χ1) is 19.0. The molecule has 1 aromatic heterocycles. The van der Waals surface area contributed by atoms with Gasteiger partial charge in [-0.2, -0.15) is 0 Å². The van der Waals surface area contributed by atoms with Gasteiger partial charge >= 0.3 is 0 Å². The number of halogens is 1. The van der Waals surface area contributed by atoms with Crippen molar-refractivity contribution in [3.63, 3.8) is 0 Å². The SMILES string of the molecule is COc1ccc(CN2CCN(c3ccc(F)cc3)CC2)cc1OCCC1CCCCN1C(=O)c1sccc1C. The second-order valence-corrected chi connectivity index (χ2v) is 11.4. The highest BCUT2D eigenvalue weighted by Crippen LogP contribution is 2.30. The summed E-state index contributed by atoms with van der Waals surface area (Å²) in [4.78, 5) is 20.9. The third-order valence-electron chi connectivity index (χ3n) is 7.85. The molecule has 6 nitrogen and oxygen atoms in total. The standard InChI is InChI=1S/C31H38FN3O3S/c1-23-13-20-39-30(23)31(36)35-14-4-3-5-27(35)12-19-38-29-21-24(6-11-28(29)37-2)22-33-15-17-34(18-16-33)26-9-7-25(32)8-10-26/h6-11,13,20-21,27H,3-5,12,14-19,22H2,1-2H3. The molecule has 2 aliphatic heterocycles. The van der Waals surface area contributed by atoms with E-state index in [0.717, 1.165) is 92.6 Å². The predicted octanol–water partition coefficient (Wildman–Crippen LogP) is 5.99. The summed E-state index contributed by atoms with van der Waals surface area (Å²) in [6.45, 7) is 7.89. The Morgan fingerprint density at radius 2 is 1.79 bits per heavy atom. The van der Waals surface area contributed by atoms with Crippen molar-refractivity contribution >= 4 is 22.9 Å². The largest absolute Gasteiger partial charge is 0.493 e.